The summed E-state index contributed by atoms with van der Waals surface area (Å²) in [5, 5.41) is 2.42. The highest BCUT2D eigenvalue weighted by atomic mass is 15.0. The molecule has 2 aromatic heterocycles. The number of para-hydroxylation sites is 2. The molecule has 0 N–H and O–H groups in total. The molecule has 0 aliphatic heterocycles. The highest BCUT2D eigenvalue weighted by molar-refractivity contribution is 6.09. The zero-order chi connectivity index (χ0) is 36.6. The zero-order valence-electron chi connectivity index (χ0n) is 29.9. The third-order valence-electron chi connectivity index (χ3n) is 10.3. The van der Waals surface area contributed by atoms with Gasteiger partial charge in [0.25, 0.3) is 0 Å². The number of rotatable bonds is 7. The lowest BCUT2D eigenvalue weighted by Gasteiger charge is -2.16. The van der Waals surface area contributed by atoms with Gasteiger partial charge in [0.2, 0.25) is 0 Å². The molecule has 8 aromatic carbocycles. The average molecular weight is 703 g/mol. The van der Waals surface area contributed by atoms with E-state index in [1.165, 1.54) is 16.3 Å². The van der Waals surface area contributed by atoms with E-state index in [-0.39, 0.29) is 0 Å². The van der Waals surface area contributed by atoms with E-state index >= 15 is 0 Å². The lowest BCUT2D eigenvalue weighted by Crippen LogP contribution is -2.02. The first kappa shape index (κ1) is 32.2. The maximum atomic E-state index is 5.22. The quantitative estimate of drug-likeness (QED) is 0.166. The van der Waals surface area contributed by atoms with E-state index in [0.29, 0.717) is 17.5 Å². The van der Waals surface area contributed by atoms with Gasteiger partial charge in [0.1, 0.15) is 0 Å². The molecule has 0 fully saturated rings. The second kappa shape index (κ2) is 13.8. The number of aromatic nitrogens is 4. The van der Waals surface area contributed by atoms with Gasteiger partial charge in [0.05, 0.1) is 16.7 Å². The number of hydrogen-bond acceptors (Lipinski definition) is 3. The van der Waals surface area contributed by atoms with E-state index in [0.717, 1.165) is 61.2 Å². The summed E-state index contributed by atoms with van der Waals surface area (Å²) in [4.78, 5) is 15.5. The van der Waals surface area contributed by atoms with Gasteiger partial charge in [-0.1, -0.05) is 182 Å². The van der Waals surface area contributed by atoms with Gasteiger partial charge in [-0.15, -0.1) is 0 Å². The summed E-state index contributed by atoms with van der Waals surface area (Å²) in [6.07, 6.45) is 0. The van der Waals surface area contributed by atoms with Crippen molar-refractivity contribution in [1.29, 1.82) is 0 Å². The van der Waals surface area contributed by atoms with Gasteiger partial charge >= 0.3 is 0 Å². The summed E-state index contributed by atoms with van der Waals surface area (Å²) in [5.41, 5.74) is 12.9. The molecule has 4 nitrogen and oxygen atoms in total. The van der Waals surface area contributed by atoms with Crippen molar-refractivity contribution >= 4 is 21.8 Å². The molecule has 4 heteroatoms. The number of nitrogens with zero attached hydrogens (tertiary/aromatic N) is 4. The Balaban J connectivity index is 1.18. The molecule has 0 spiro atoms. The van der Waals surface area contributed by atoms with Crippen molar-refractivity contribution in [2.24, 2.45) is 0 Å². The summed E-state index contributed by atoms with van der Waals surface area (Å²) in [5.74, 6) is 1.85. The molecule has 0 bridgehead atoms. The molecular formula is C51H34N4. The molecular weight excluding hydrogens is 669 g/mol. The Morgan fingerprint density at radius 2 is 0.673 bits per heavy atom. The SMILES string of the molecule is c1ccc(-c2ccc(-c3nc(-c4cccc(-c5ccccc5)c4)nc(-c4ccc(-c5ccccc5)c(-n5c6ccccc6c6ccccc65)c4)n3)cc2)cc1. The minimum Gasteiger partial charge on any atom is -0.309 e. The van der Waals surface area contributed by atoms with Crippen molar-refractivity contribution in [3.05, 3.63) is 206 Å². The van der Waals surface area contributed by atoms with Gasteiger partial charge in [-0.2, -0.15) is 0 Å². The van der Waals surface area contributed by atoms with Crippen LogP contribution in [0.15, 0.2) is 206 Å². The normalized spacial score (nSPS) is 11.3. The largest absolute Gasteiger partial charge is 0.309 e. The van der Waals surface area contributed by atoms with E-state index < -0.39 is 0 Å². The van der Waals surface area contributed by atoms with Crippen LogP contribution in [-0.2, 0) is 0 Å². The smallest absolute Gasteiger partial charge is 0.164 e. The average Bonchev–Trinajstić information content (AvgIpc) is 3.61. The molecule has 10 aromatic rings. The summed E-state index contributed by atoms with van der Waals surface area (Å²) < 4.78 is 2.38. The molecule has 10 rings (SSSR count). The number of hydrogen-bond donors (Lipinski definition) is 0. The predicted molar refractivity (Wildman–Crippen MR) is 227 cm³/mol. The molecule has 2 heterocycles. The van der Waals surface area contributed by atoms with Gasteiger partial charge in [-0.05, 0) is 52.1 Å². The zero-order valence-corrected chi connectivity index (χ0v) is 29.9. The lowest BCUT2D eigenvalue weighted by atomic mass is 10.00. The van der Waals surface area contributed by atoms with Crippen molar-refractivity contribution in [1.82, 2.24) is 19.5 Å². The van der Waals surface area contributed by atoms with Gasteiger partial charge < -0.3 is 4.57 Å². The predicted octanol–water partition coefficient (Wildman–Crippen LogP) is 13.0. The first-order valence-corrected chi connectivity index (χ1v) is 18.5. The van der Waals surface area contributed by atoms with Crippen LogP contribution in [0.5, 0.6) is 0 Å². The highest BCUT2D eigenvalue weighted by Gasteiger charge is 2.19. The fraction of sp³-hybridized carbons (Fsp3) is 0. The van der Waals surface area contributed by atoms with E-state index in [1.54, 1.807) is 0 Å². The molecule has 0 saturated carbocycles. The van der Waals surface area contributed by atoms with Gasteiger partial charge in [-0.3, -0.25) is 0 Å². The Labute approximate surface area is 319 Å². The fourth-order valence-corrected chi connectivity index (χ4v) is 7.57. The molecule has 0 radical (unpaired) electrons. The Morgan fingerprint density at radius 1 is 0.273 bits per heavy atom. The molecule has 0 aliphatic carbocycles. The number of benzene rings is 8. The van der Waals surface area contributed by atoms with Gasteiger partial charge in [-0.25, -0.2) is 15.0 Å². The Bertz CT molecular complexity index is 2900. The maximum Gasteiger partial charge on any atom is 0.164 e. The van der Waals surface area contributed by atoms with Crippen LogP contribution in [0.2, 0.25) is 0 Å². The lowest BCUT2D eigenvalue weighted by molar-refractivity contribution is 1.07. The minimum absolute atomic E-state index is 0.610. The fourth-order valence-electron chi connectivity index (χ4n) is 7.57. The molecule has 258 valence electrons. The van der Waals surface area contributed by atoms with Crippen LogP contribution in [0.3, 0.4) is 0 Å². The molecule has 0 atom stereocenters. The van der Waals surface area contributed by atoms with E-state index in [4.69, 9.17) is 15.0 Å². The van der Waals surface area contributed by atoms with Crippen molar-refractivity contribution < 1.29 is 0 Å². The van der Waals surface area contributed by atoms with Crippen LogP contribution in [0, 0.1) is 0 Å². The summed E-state index contributed by atoms with van der Waals surface area (Å²) in [7, 11) is 0. The third kappa shape index (κ3) is 6.06. The van der Waals surface area contributed by atoms with Crippen molar-refractivity contribution in [2.75, 3.05) is 0 Å². The first-order chi connectivity index (χ1) is 27.3. The first-order valence-electron chi connectivity index (χ1n) is 18.5. The van der Waals surface area contributed by atoms with Crippen LogP contribution in [0.1, 0.15) is 0 Å². The molecule has 0 amide bonds. The van der Waals surface area contributed by atoms with Crippen LogP contribution >= 0.6 is 0 Å². The van der Waals surface area contributed by atoms with E-state index in [9.17, 15) is 0 Å². The van der Waals surface area contributed by atoms with Crippen molar-refractivity contribution in [2.45, 2.75) is 0 Å². The maximum absolute atomic E-state index is 5.22. The summed E-state index contributed by atoms with van der Waals surface area (Å²) >= 11 is 0. The van der Waals surface area contributed by atoms with Crippen LogP contribution in [0.4, 0.5) is 0 Å². The van der Waals surface area contributed by atoms with Crippen molar-refractivity contribution in [3.8, 4) is 73.2 Å². The van der Waals surface area contributed by atoms with Crippen molar-refractivity contribution in [3.63, 3.8) is 0 Å². The Morgan fingerprint density at radius 3 is 1.27 bits per heavy atom. The standard InChI is InChI=1S/C51H34N4/c1-4-15-35(16-5-1)37-27-29-39(30-28-37)49-52-50(41-22-14-21-40(33-41)36-17-6-2-7-18-36)54-51(53-49)42-31-32-43(38-19-8-3-9-20-38)48(34-42)55-46-25-12-10-23-44(46)45-24-11-13-26-47(45)55/h1-34H. The van der Waals surface area contributed by atoms with Crippen LogP contribution in [0.25, 0.3) is 95.0 Å². The minimum atomic E-state index is 0.610. The Kier molecular flexibility index (Phi) is 8.12. The highest BCUT2D eigenvalue weighted by Crippen LogP contribution is 2.38. The summed E-state index contributed by atoms with van der Waals surface area (Å²) in [6, 6.07) is 72.2. The second-order valence-corrected chi connectivity index (χ2v) is 13.7. The van der Waals surface area contributed by atoms with E-state index in [1.807, 2.05) is 12.1 Å². The van der Waals surface area contributed by atoms with Gasteiger partial charge in [0, 0.05) is 33.0 Å². The van der Waals surface area contributed by atoms with E-state index in [2.05, 4.69) is 199 Å². The van der Waals surface area contributed by atoms with Crippen LogP contribution < -0.4 is 0 Å². The van der Waals surface area contributed by atoms with Gasteiger partial charge in [0.15, 0.2) is 17.5 Å². The number of fused-ring (bicyclic) bond motifs is 3. The van der Waals surface area contributed by atoms with Crippen LogP contribution in [-0.4, -0.2) is 19.5 Å². The summed E-state index contributed by atoms with van der Waals surface area (Å²) in [6.45, 7) is 0. The molecule has 0 unspecified atom stereocenters. The second-order valence-electron chi connectivity index (χ2n) is 13.7. The topological polar surface area (TPSA) is 43.6 Å². The molecule has 0 saturated heterocycles. The Hall–Kier alpha value is -7.43. The third-order valence-corrected chi connectivity index (χ3v) is 10.3. The molecule has 0 aliphatic rings. The molecule has 55 heavy (non-hydrogen) atoms. The monoisotopic (exact) mass is 702 g/mol.